The number of aliphatic hydroxyl groups is 1. The van der Waals surface area contributed by atoms with Crippen LogP contribution in [0, 0.1) is 6.92 Å². The van der Waals surface area contributed by atoms with Crippen LogP contribution in [0.25, 0.3) is 11.0 Å². The summed E-state index contributed by atoms with van der Waals surface area (Å²) in [4.78, 5) is 25.1. The minimum absolute atomic E-state index is 0.124. The van der Waals surface area contributed by atoms with Crippen molar-refractivity contribution in [3.05, 3.63) is 62.8 Å². The number of benzene rings is 2. The maximum absolute atomic E-state index is 12.7. The Bertz CT molecular complexity index is 1050. The summed E-state index contributed by atoms with van der Waals surface area (Å²) < 4.78 is 10.8. The van der Waals surface area contributed by atoms with Gasteiger partial charge in [0.05, 0.1) is 34.5 Å². The summed E-state index contributed by atoms with van der Waals surface area (Å²) in [7, 11) is 0. The normalized spacial score (nSPS) is 10.9. The maximum atomic E-state index is 12.7. The van der Waals surface area contributed by atoms with E-state index in [0.717, 1.165) is 0 Å². The summed E-state index contributed by atoms with van der Waals surface area (Å²) in [6.45, 7) is 3.19. The molecule has 1 aromatic heterocycles. The summed E-state index contributed by atoms with van der Waals surface area (Å²) in [5, 5.41) is 13.2. The van der Waals surface area contributed by atoms with Crippen LogP contribution in [0.15, 0.2) is 34.7 Å². The van der Waals surface area contributed by atoms with Crippen LogP contribution in [0.1, 0.15) is 39.0 Å². The number of fused-ring (bicyclic) bond motifs is 1. The van der Waals surface area contributed by atoms with Gasteiger partial charge in [-0.05, 0) is 37.6 Å². The van der Waals surface area contributed by atoms with Crippen LogP contribution < -0.4 is 5.32 Å². The van der Waals surface area contributed by atoms with E-state index in [9.17, 15) is 14.7 Å². The number of amides is 1. The molecule has 0 unspecified atom stereocenters. The molecule has 8 heteroatoms. The van der Waals surface area contributed by atoms with Crippen molar-refractivity contribution in [1.29, 1.82) is 0 Å². The third-order valence-electron chi connectivity index (χ3n) is 4.19. The van der Waals surface area contributed by atoms with Crippen LogP contribution in [0.2, 0.25) is 10.0 Å². The predicted octanol–water partition coefficient (Wildman–Crippen LogP) is 4.97. The first-order chi connectivity index (χ1) is 13.4. The summed E-state index contributed by atoms with van der Waals surface area (Å²) in [6, 6.07) is 7.93. The van der Waals surface area contributed by atoms with Crippen LogP contribution in [0.5, 0.6) is 0 Å². The van der Waals surface area contributed by atoms with Gasteiger partial charge in [0.2, 0.25) is 0 Å². The lowest BCUT2D eigenvalue weighted by molar-refractivity contribution is 0.0526. The lowest BCUT2D eigenvalue weighted by atomic mass is 10.0. The molecule has 0 aliphatic carbocycles. The standard InChI is InChI=1S/C20H17Cl2NO5/c1-3-27-20(26)15-10(2)28-18-14(8-7-11(9-24)16(15)18)23-19(25)17-12(21)5-4-6-13(17)22/h4-8,24H,3,9H2,1-2H3,(H,23,25). The van der Waals surface area contributed by atoms with E-state index in [1.807, 2.05) is 0 Å². The molecule has 2 aromatic carbocycles. The monoisotopic (exact) mass is 421 g/mol. The van der Waals surface area contributed by atoms with Crippen LogP contribution in [-0.4, -0.2) is 23.6 Å². The Morgan fingerprint density at radius 3 is 2.43 bits per heavy atom. The zero-order chi connectivity index (χ0) is 20.4. The van der Waals surface area contributed by atoms with E-state index in [-0.39, 0.29) is 40.0 Å². The molecule has 0 saturated heterocycles. The fraction of sp³-hybridized carbons (Fsp3) is 0.200. The average molecular weight is 422 g/mol. The van der Waals surface area contributed by atoms with Crippen molar-refractivity contribution in [2.24, 2.45) is 0 Å². The number of esters is 1. The van der Waals surface area contributed by atoms with E-state index in [4.69, 9.17) is 32.4 Å². The summed E-state index contributed by atoms with van der Waals surface area (Å²) in [5.41, 5.74) is 1.38. The van der Waals surface area contributed by atoms with Gasteiger partial charge in [-0.2, -0.15) is 0 Å². The number of hydrogen-bond donors (Lipinski definition) is 2. The lowest BCUT2D eigenvalue weighted by Gasteiger charge is -2.10. The molecule has 0 bridgehead atoms. The van der Waals surface area contributed by atoms with Gasteiger partial charge in [0.15, 0.2) is 5.58 Å². The van der Waals surface area contributed by atoms with Gasteiger partial charge in [0.1, 0.15) is 11.3 Å². The quantitative estimate of drug-likeness (QED) is 0.567. The number of ether oxygens (including phenoxy) is 1. The van der Waals surface area contributed by atoms with Crippen molar-refractivity contribution in [2.75, 3.05) is 11.9 Å². The number of nitrogens with one attached hydrogen (secondary N) is 1. The smallest absolute Gasteiger partial charge is 0.342 e. The molecule has 3 rings (SSSR count). The van der Waals surface area contributed by atoms with Gasteiger partial charge in [0.25, 0.3) is 5.91 Å². The van der Waals surface area contributed by atoms with Crippen molar-refractivity contribution >= 4 is 51.7 Å². The highest BCUT2D eigenvalue weighted by molar-refractivity contribution is 6.40. The fourth-order valence-electron chi connectivity index (χ4n) is 2.96. The Labute approximate surface area is 171 Å². The summed E-state index contributed by atoms with van der Waals surface area (Å²) in [6.07, 6.45) is 0. The highest BCUT2D eigenvalue weighted by atomic mass is 35.5. The number of furan rings is 1. The van der Waals surface area contributed by atoms with Gasteiger partial charge in [0, 0.05) is 5.39 Å². The topological polar surface area (TPSA) is 88.8 Å². The van der Waals surface area contributed by atoms with Gasteiger partial charge >= 0.3 is 5.97 Å². The third kappa shape index (κ3) is 3.58. The Hall–Kier alpha value is -2.54. The minimum Gasteiger partial charge on any atom is -0.462 e. The van der Waals surface area contributed by atoms with Crippen LogP contribution in [-0.2, 0) is 11.3 Å². The number of anilines is 1. The Balaban J connectivity index is 2.12. The van der Waals surface area contributed by atoms with Crippen LogP contribution in [0.4, 0.5) is 5.69 Å². The van der Waals surface area contributed by atoms with Crippen LogP contribution in [0.3, 0.4) is 0 Å². The first kappa shape index (κ1) is 20.2. The Morgan fingerprint density at radius 1 is 1.14 bits per heavy atom. The predicted molar refractivity (Wildman–Crippen MR) is 107 cm³/mol. The Kier molecular flexibility index (Phi) is 5.93. The molecule has 1 amide bonds. The molecule has 0 atom stereocenters. The second kappa shape index (κ2) is 8.22. The van der Waals surface area contributed by atoms with Gasteiger partial charge in [-0.25, -0.2) is 4.79 Å². The largest absolute Gasteiger partial charge is 0.462 e. The highest BCUT2D eigenvalue weighted by Crippen LogP contribution is 2.35. The highest BCUT2D eigenvalue weighted by Gasteiger charge is 2.25. The van der Waals surface area contributed by atoms with Crippen molar-refractivity contribution < 1.29 is 23.8 Å². The fourth-order valence-corrected chi connectivity index (χ4v) is 3.53. The SMILES string of the molecule is CCOC(=O)c1c(C)oc2c(NC(=O)c3c(Cl)cccc3Cl)ccc(CO)c12. The van der Waals surface area contributed by atoms with E-state index in [1.165, 1.54) is 0 Å². The van der Waals surface area contributed by atoms with Gasteiger partial charge in [-0.3, -0.25) is 4.79 Å². The molecule has 1 heterocycles. The van der Waals surface area contributed by atoms with Crippen molar-refractivity contribution in [2.45, 2.75) is 20.5 Å². The molecule has 0 spiro atoms. The van der Waals surface area contributed by atoms with Crippen molar-refractivity contribution in [3.8, 4) is 0 Å². The van der Waals surface area contributed by atoms with Gasteiger partial charge < -0.3 is 19.6 Å². The molecule has 6 nitrogen and oxygen atoms in total. The number of aliphatic hydroxyl groups excluding tert-OH is 1. The average Bonchev–Trinajstić information content (AvgIpc) is 2.99. The third-order valence-corrected chi connectivity index (χ3v) is 4.82. The van der Waals surface area contributed by atoms with Crippen LogP contribution >= 0.6 is 23.2 Å². The number of halogens is 2. The molecule has 3 aromatic rings. The zero-order valence-corrected chi connectivity index (χ0v) is 16.6. The molecule has 2 N–H and O–H groups in total. The Morgan fingerprint density at radius 2 is 1.82 bits per heavy atom. The zero-order valence-electron chi connectivity index (χ0n) is 15.1. The molecule has 0 fully saturated rings. The molecule has 0 aliphatic heterocycles. The van der Waals surface area contributed by atoms with Crippen molar-refractivity contribution in [1.82, 2.24) is 0 Å². The molecule has 146 valence electrons. The van der Waals surface area contributed by atoms with E-state index in [0.29, 0.717) is 22.4 Å². The van der Waals surface area contributed by atoms with E-state index >= 15 is 0 Å². The minimum atomic E-state index is -0.564. The second-order valence-corrected chi connectivity index (χ2v) is 6.75. The maximum Gasteiger partial charge on any atom is 0.342 e. The first-order valence-electron chi connectivity index (χ1n) is 8.47. The molecular weight excluding hydrogens is 405 g/mol. The molecule has 0 aliphatic rings. The molecule has 0 saturated carbocycles. The number of rotatable bonds is 5. The summed E-state index contributed by atoms with van der Waals surface area (Å²) >= 11 is 12.2. The van der Waals surface area contributed by atoms with Crippen molar-refractivity contribution in [3.63, 3.8) is 0 Å². The van der Waals surface area contributed by atoms with E-state index in [2.05, 4.69) is 5.32 Å². The number of hydrogen-bond acceptors (Lipinski definition) is 5. The second-order valence-electron chi connectivity index (χ2n) is 5.94. The first-order valence-corrected chi connectivity index (χ1v) is 9.22. The van der Waals surface area contributed by atoms with E-state index < -0.39 is 11.9 Å². The molecular formula is C20H17Cl2NO5. The van der Waals surface area contributed by atoms with E-state index in [1.54, 1.807) is 44.2 Å². The lowest BCUT2D eigenvalue weighted by Crippen LogP contribution is -2.13. The summed E-state index contributed by atoms with van der Waals surface area (Å²) in [5.74, 6) is -0.771. The molecule has 28 heavy (non-hydrogen) atoms. The van der Waals surface area contributed by atoms with Gasteiger partial charge in [-0.1, -0.05) is 35.3 Å². The van der Waals surface area contributed by atoms with Gasteiger partial charge in [-0.15, -0.1) is 0 Å². The number of aryl methyl sites for hydroxylation is 1. The number of carbonyl (C=O) groups excluding carboxylic acids is 2. The number of carbonyl (C=O) groups is 2. The molecule has 0 radical (unpaired) electrons.